The van der Waals surface area contributed by atoms with Crippen LogP contribution in [0.3, 0.4) is 0 Å². The fourth-order valence-electron chi connectivity index (χ4n) is 2.48. The van der Waals surface area contributed by atoms with Crippen LogP contribution < -0.4 is 0 Å². The van der Waals surface area contributed by atoms with E-state index in [1.165, 1.54) is 71.0 Å². The van der Waals surface area contributed by atoms with E-state index in [1.807, 2.05) is 0 Å². The van der Waals surface area contributed by atoms with Crippen molar-refractivity contribution in [3.63, 3.8) is 0 Å². The smallest absolute Gasteiger partial charge is 0.00474 e. The van der Waals surface area contributed by atoms with E-state index >= 15 is 0 Å². The summed E-state index contributed by atoms with van der Waals surface area (Å²) in [4.78, 5) is 2.38. The standard InChI is InChI=1S/C13H22.C6H15N/c1-2-3-4-5-6-7-10-13-11-8-9-12-13;1-4-7(5-2)6-3/h8-9,11H,2-7,10,12H2,1H3;4-6H2,1-3H3. The van der Waals surface area contributed by atoms with Crippen LogP contribution in [0.5, 0.6) is 0 Å². The maximum Gasteiger partial charge on any atom is -0.00474 e. The molecule has 0 atom stereocenters. The van der Waals surface area contributed by atoms with Crippen molar-refractivity contribution in [3.05, 3.63) is 23.8 Å². The largest absolute Gasteiger partial charge is 0.304 e. The third kappa shape index (κ3) is 11.3. The van der Waals surface area contributed by atoms with Crippen molar-refractivity contribution < 1.29 is 0 Å². The van der Waals surface area contributed by atoms with Gasteiger partial charge in [-0.05, 0) is 38.9 Å². The molecule has 0 bridgehead atoms. The first kappa shape index (κ1) is 19.4. The summed E-state index contributed by atoms with van der Waals surface area (Å²) in [5.41, 5.74) is 1.63. The zero-order valence-corrected chi connectivity index (χ0v) is 14.5. The minimum Gasteiger partial charge on any atom is -0.304 e. The molecule has 0 aromatic rings. The molecule has 0 radical (unpaired) electrons. The molecule has 118 valence electrons. The lowest BCUT2D eigenvalue weighted by Crippen LogP contribution is -2.21. The number of hydrogen-bond donors (Lipinski definition) is 0. The Balaban J connectivity index is 0.000000441. The van der Waals surface area contributed by atoms with Gasteiger partial charge in [-0.1, -0.05) is 83.6 Å². The van der Waals surface area contributed by atoms with Crippen LogP contribution in [0.25, 0.3) is 0 Å². The number of hydrogen-bond acceptors (Lipinski definition) is 1. The molecule has 1 heteroatoms. The Labute approximate surface area is 128 Å². The molecular formula is C19H37N. The molecule has 0 heterocycles. The Morgan fingerprint density at radius 1 is 0.850 bits per heavy atom. The van der Waals surface area contributed by atoms with Gasteiger partial charge in [0.05, 0.1) is 0 Å². The van der Waals surface area contributed by atoms with Gasteiger partial charge in [0.15, 0.2) is 0 Å². The van der Waals surface area contributed by atoms with Gasteiger partial charge >= 0.3 is 0 Å². The first-order valence-electron chi connectivity index (χ1n) is 8.85. The summed E-state index contributed by atoms with van der Waals surface area (Å²) in [6, 6.07) is 0. The van der Waals surface area contributed by atoms with Crippen molar-refractivity contribution in [2.24, 2.45) is 0 Å². The molecule has 0 spiro atoms. The van der Waals surface area contributed by atoms with Crippen molar-refractivity contribution in [2.75, 3.05) is 19.6 Å². The first-order chi connectivity index (χ1) is 9.78. The fraction of sp³-hybridized carbons (Fsp3) is 0.789. The predicted octanol–water partition coefficient (Wildman–Crippen LogP) is 5.97. The molecule has 0 N–H and O–H groups in total. The Hall–Kier alpha value is -0.560. The Bertz CT molecular complexity index is 243. The van der Waals surface area contributed by atoms with Gasteiger partial charge in [-0.15, -0.1) is 0 Å². The van der Waals surface area contributed by atoms with Gasteiger partial charge in [0.25, 0.3) is 0 Å². The van der Waals surface area contributed by atoms with E-state index in [1.54, 1.807) is 5.57 Å². The van der Waals surface area contributed by atoms with Crippen LogP contribution in [-0.2, 0) is 0 Å². The highest BCUT2D eigenvalue weighted by atomic mass is 15.1. The second kappa shape index (κ2) is 14.8. The molecule has 0 unspecified atom stereocenters. The highest BCUT2D eigenvalue weighted by molar-refractivity contribution is 5.22. The summed E-state index contributed by atoms with van der Waals surface area (Å²) >= 11 is 0. The second-order valence-electron chi connectivity index (χ2n) is 5.59. The molecule has 1 rings (SSSR count). The Kier molecular flexibility index (Phi) is 14.4. The predicted molar refractivity (Wildman–Crippen MR) is 93.3 cm³/mol. The average Bonchev–Trinajstić information content (AvgIpc) is 2.99. The number of allylic oxidation sites excluding steroid dienone is 4. The van der Waals surface area contributed by atoms with E-state index in [-0.39, 0.29) is 0 Å². The molecule has 1 aliphatic rings. The van der Waals surface area contributed by atoms with Crippen LogP contribution in [0.15, 0.2) is 23.8 Å². The van der Waals surface area contributed by atoms with E-state index in [2.05, 4.69) is 50.8 Å². The maximum atomic E-state index is 2.38. The first-order valence-corrected chi connectivity index (χ1v) is 8.85. The highest BCUT2D eigenvalue weighted by Gasteiger charge is 1.98. The number of nitrogens with zero attached hydrogens (tertiary/aromatic N) is 1. The SMILES string of the molecule is CCCCCCCCC1=CC=CC1.CCN(CC)CC. The molecule has 20 heavy (non-hydrogen) atoms. The monoisotopic (exact) mass is 279 g/mol. The zero-order valence-electron chi connectivity index (χ0n) is 14.5. The third-order valence-corrected chi connectivity index (χ3v) is 4.04. The van der Waals surface area contributed by atoms with Crippen LogP contribution >= 0.6 is 0 Å². The quantitative estimate of drug-likeness (QED) is 0.445. The van der Waals surface area contributed by atoms with E-state index in [4.69, 9.17) is 0 Å². The lowest BCUT2D eigenvalue weighted by Gasteiger charge is -2.13. The molecule has 0 aliphatic heterocycles. The number of rotatable bonds is 10. The van der Waals surface area contributed by atoms with E-state index in [0.29, 0.717) is 0 Å². The van der Waals surface area contributed by atoms with E-state index < -0.39 is 0 Å². The summed E-state index contributed by atoms with van der Waals surface area (Å²) in [5.74, 6) is 0. The van der Waals surface area contributed by atoms with Gasteiger partial charge in [0.1, 0.15) is 0 Å². The van der Waals surface area contributed by atoms with Crippen LogP contribution in [0, 0.1) is 0 Å². The molecule has 1 aliphatic carbocycles. The van der Waals surface area contributed by atoms with Crippen LogP contribution in [0.4, 0.5) is 0 Å². The summed E-state index contributed by atoms with van der Waals surface area (Å²) in [6.07, 6.45) is 17.8. The third-order valence-electron chi connectivity index (χ3n) is 4.04. The molecule has 0 saturated carbocycles. The molecular weight excluding hydrogens is 242 g/mol. The molecule has 0 fully saturated rings. The van der Waals surface area contributed by atoms with Crippen LogP contribution in [-0.4, -0.2) is 24.5 Å². The van der Waals surface area contributed by atoms with Crippen molar-refractivity contribution in [1.29, 1.82) is 0 Å². The average molecular weight is 280 g/mol. The van der Waals surface area contributed by atoms with Crippen molar-refractivity contribution >= 4 is 0 Å². The second-order valence-corrected chi connectivity index (χ2v) is 5.59. The normalized spacial score (nSPS) is 13.3. The lowest BCUT2D eigenvalue weighted by atomic mass is 10.0. The van der Waals surface area contributed by atoms with Gasteiger partial charge in [-0.2, -0.15) is 0 Å². The Morgan fingerprint density at radius 3 is 1.90 bits per heavy atom. The minimum atomic E-state index is 1.19. The lowest BCUT2D eigenvalue weighted by molar-refractivity contribution is 0.321. The molecule has 0 saturated heterocycles. The summed E-state index contributed by atoms with van der Waals surface area (Å²) in [6.45, 7) is 12.4. The summed E-state index contributed by atoms with van der Waals surface area (Å²) in [5, 5.41) is 0. The zero-order chi connectivity index (χ0) is 15.1. The van der Waals surface area contributed by atoms with Gasteiger partial charge in [-0.25, -0.2) is 0 Å². The molecule has 0 aromatic heterocycles. The van der Waals surface area contributed by atoms with E-state index in [9.17, 15) is 0 Å². The fourth-order valence-corrected chi connectivity index (χ4v) is 2.48. The van der Waals surface area contributed by atoms with Crippen molar-refractivity contribution in [3.8, 4) is 0 Å². The summed E-state index contributed by atoms with van der Waals surface area (Å²) < 4.78 is 0. The molecule has 1 nitrogen and oxygen atoms in total. The summed E-state index contributed by atoms with van der Waals surface area (Å²) in [7, 11) is 0. The van der Waals surface area contributed by atoms with E-state index in [0.717, 1.165) is 0 Å². The minimum absolute atomic E-state index is 1.19. The topological polar surface area (TPSA) is 3.24 Å². The Morgan fingerprint density at radius 2 is 1.45 bits per heavy atom. The highest BCUT2D eigenvalue weighted by Crippen LogP contribution is 2.18. The van der Waals surface area contributed by atoms with Gasteiger partial charge in [0, 0.05) is 0 Å². The number of unbranched alkanes of at least 4 members (excludes halogenated alkanes) is 5. The molecule has 0 amide bonds. The van der Waals surface area contributed by atoms with Gasteiger partial charge < -0.3 is 4.90 Å². The van der Waals surface area contributed by atoms with Gasteiger partial charge in [0.2, 0.25) is 0 Å². The van der Waals surface area contributed by atoms with Crippen molar-refractivity contribution in [2.45, 2.75) is 79.1 Å². The van der Waals surface area contributed by atoms with Crippen LogP contribution in [0.2, 0.25) is 0 Å². The maximum absolute atomic E-state index is 2.38. The van der Waals surface area contributed by atoms with Crippen LogP contribution in [0.1, 0.15) is 79.1 Å². The molecule has 0 aromatic carbocycles. The van der Waals surface area contributed by atoms with Gasteiger partial charge in [-0.3, -0.25) is 0 Å². The van der Waals surface area contributed by atoms with Crippen molar-refractivity contribution in [1.82, 2.24) is 4.90 Å².